The molecule has 0 aliphatic carbocycles. The summed E-state index contributed by atoms with van der Waals surface area (Å²) in [7, 11) is 0. The number of rotatable bonds is 5. The van der Waals surface area contributed by atoms with E-state index < -0.39 is 12.1 Å². The molecule has 0 radical (unpaired) electrons. The van der Waals surface area contributed by atoms with Crippen molar-refractivity contribution >= 4 is 5.78 Å². The van der Waals surface area contributed by atoms with E-state index in [1.54, 1.807) is 0 Å². The molecule has 0 aromatic heterocycles. The minimum Gasteiger partial charge on any atom is -0.406 e. The van der Waals surface area contributed by atoms with Crippen LogP contribution < -0.4 is 0 Å². The molecule has 5 heteroatoms. The van der Waals surface area contributed by atoms with Crippen molar-refractivity contribution in [2.45, 2.75) is 26.6 Å². The van der Waals surface area contributed by atoms with Gasteiger partial charge in [0.05, 0.1) is 0 Å². The van der Waals surface area contributed by atoms with E-state index in [9.17, 15) is 18.0 Å². The van der Waals surface area contributed by atoms with Crippen molar-refractivity contribution < 1.29 is 22.7 Å². The van der Waals surface area contributed by atoms with E-state index in [1.807, 2.05) is 0 Å². The Morgan fingerprint density at radius 3 is 2.31 bits per heavy atom. The van der Waals surface area contributed by atoms with Crippen molar-refractivity contribution in [1.29, 1.82) is 0 Å². The van der Waals surface area contributed by atoms with Gasteiger partial charge in [0.15, 0.2) is 0 Å². The molecule has 0 aromatic rings. The lowest BCUT2D eigenvalue weighted by atomic mass is 10.1. The molecule has 0 fully saturated rings. The zero-order valence-corrected chi connectivity index (χ0v) is 9.10. The maximum Gasteiger partial charge on any atom is 0.573 e. The molecule has 0 unspecified atom stereocenters. The van der Waals surface area contributed by atoms with Gasteiger partial charge in [0.2, 0.25) is 0 Å². The second-order valence-corrected chi connectivity index (χ2v) is 3.01. The van der Waals surface area contributed by atoms with Crippen molar-refractivity contribution in [3.63, 3.8) is 0 Å². The predicted octanol–water partition coefficient (Wildman–Crippen LogP) is 3.52. The minimum absolute atomic E-state index is 0.105. The standard InChI is InChI=1S/C11H13F3O2/c1-4-6-10(16-11(12,13)14)9(5-2)7-8(3)15/h4-6H,1,7H2,2-3H3/b9-5-,10-6+. The molecule has 0 aliphatic heterocycles. The van der Waals surface area contributed by atoms with Gasteiger partial charge in [-0.05, 0) is 25.5 Å². The fraction of sp³-hybridized carbons (Fsp3) is 0.364. The number of hydrogen-bond acceptors (Lipinski definition) is 2. The summed E-state index contributed by atoms with van der Waals surface area (Å²) in [6.07, 6.45) is -1.23. The van der Waals surface area contributed by atoms with E-state index in [-0.39, 0.29) is 17.8 Å². The molecule has 2 nitrogen and oxygen atoms in total. The summed E-state index contributed by atoms with van der Waals surface area (Å²) in [5, 5.41) is 0. The van der Waals surface area contributed by atoms with E-state index in [4.69, 9.17) is 0 Å². The van der Waals surface area contributed by atoms with Crippen LogP contribution in [0.25, 0.3) is 0 Å². The zero-order valence-electron chi connectivity index (χ0n) is 9.10. The Morgan fingerprint density at radius 2 is 2.00 bits per heavy atom. The van der Waals surface area contributed by atoms with E-state index in [2.05, 4.69) is 11.3 Å². The molecule has 0 rings (SSSR count). The number of halogens is 3. The number of alkyl halides is 3. The Kier molecular flexibility index (Phi) is 5.56. The Bertz CT molecular complexity index is 325. The van der Waals surface area contributed by atoms with Crippen LogP contribution in [0.1, 0.15) is 20.3 Å². The topological polar surface area (TPSA) is 26.3 Å². The highest BCUT2D eigenvalue weighted by atomic mass is 19.4. The fourth-order valence-electron chi connectivity index (χ4n) is 1.04. The SMILES string of the molecule is C=C/C=C(OC(F)(F)F)\C(=C/C)CC(C)=O. The number of ketones is 1. The molecule has 0 aliphatic rings. The molecule has 0 saturated heterocycles. The van der Waals surface area contributed by atoms with Crippen LogP contribution in [-0.4, -0.2) is 12.1 Å². The summed E-state index contributed by atoms with van der Waals surface area (Å²) in [5.41, 5.74) is 0.185. The smallest absolute Gasteiger partial charge is 0.406 e. The molecule has 90 valence electrons. The maximum absolute atomic E-state index is 12.1. The van der Waals surface area contributed by atoms with Crippen LogP contribution in [0.5, 0.6) is 0 Å². The van der Waals surface area contributed by atoms with Gasteiger partial charge in [0.25, 0.3) is 0 Å². The highest BCUT2D eigenvalue weighted by Gasteiger charge is 2.32. The van der Waals surface area contributed by atoms with Crippen molar-refractivity contribution in [2.24, 2.45) is 0 Å². The van der Waals surface area contributed by atoms with Gasteiger partial charge in [-0.2, -0.15) is 0 Å². The van der Waals surface area contributed by atoms with E-state index in [1.165, 1.54) is 26.0 Å². The molecule has 0 spiro atoms. The number of Topliss-reactive ketones (excluding diaryl/α,β-unsaturated/α-hetero) is 1. The highest BCUT2D eigenvalue weighted by Crippen LogP contribution is 2.26. The van der Waals surface area contributed by atoms with E-state index >= 15 is 0 Å². The van der Waals surface area contributed by atoms with Gasteiger partial charge in [0, 0.05) is 6.42 Å². The monoisotopic (exact) mass is 234 g/mol. The van der Waals surface area contributed by atoms with Gasteiger partial charge in [-0.1, -0.05) is 18.7 Å². The first-order valence-corrected chi connectivity index (χ1v) is 4.53. The average molecular weight is 234 g/mol. The summed E-state index contributed by atoms with van der Waals surface area (Å²) in [4.78, 5) is 10.9. The second-order valence-electron chi connectivity index (χ2n) is 3.01. The second kappa shape index (κ2) is 6.15. The maximum atomic E-state index is 12.1. The van der Waals surface area contributed by atoms with Crippen LogP contribution in [0.3, 0.4) is 0 Å². The molecule has 0 amide bonds. The van der Waals surface area contributed by atoms with Gasteiger partial charge in [-0.15, -0.1) is 13.2 Å². The van der Waals surface area contributed by atoms with Gasteiger partial charge in [-0.3, -0.25) is 4.79 Å². The van der Waals surface area contributed by atoms with Crippen LogP contribution in [0, 0.1) is 0 Å². The summed E-state index contributed by atoms with van der Waals surface area (Å²) in [6, 6.07) is 0. The summed E-state index contributed by atoms with van der Waals surface area (Å²) in [6.45, 7) is 6.12. The van der Waals surface area contributed by atoms with Crippen LogP contribution in [-0.2, 0) is 9.53 Å². The molecule has 0 aromatic carbocycles. The number of ether oxygens (including phenoxy) is 1. The number of hydrogen-bond donors (Lipinski definition) is 0. The summed E-state index contributed by atoms with van der Waals surface area (Å²) >= 11 is 0. The van der Waals surface area contributed by atoms with Crippen molar-refractivity contribution in [3.05, 3.63) is 36.1 Å². The molecule has 0 N–H and O–H groups in total. The quantitative estimate of drug-likeness (QED) is 0.537. The molecule has 16 heavy (non-hydrogen) atoms. The van der Waals surface area contributed by atoms with E-state index in [0.29, 0.717) is 0 Å². The number of allylic oxidation sites excluding steroid dienone is 4. The van der Waals surface area contributed by atoms with Gasteiger partial charge < -0.3 is 4.74 Å². The first-order valence-electron chi connectivity index (χ1n) is 4.53. The lowest BCUT2D eigenvalue weighted by Gasteiger charge is -2.14. The molecule has 0 bridgehead atoms. The third-order valence-corrected chi connectivity index (χ3v) is 1.60. The zero-order chi connectivity index (χ0) is 12.8. The Balaban J connectivity index is 4.97. The third kappa shape index (κ3) is 6.06. The summed E-state index contributed by atoms with van der Waals surface area (Å²) in [5.74, 6) is -0.644. The lowest BCUT2D eigenvalue weighted by molar-refractivity contribution is -0.304. The third-order valence-electron chi connectivity index (χ3n) is 1.60. The fourth-order valence-corrected chi connectivity index (χ4v) is 1.04. The molecule has 0 saturated carbocycles. The Hall–Kier alpha value is -1.52. The molecule has 0 atom stereocenters. The lowest BCUT2D eigenvalue weighted by Crippen LogP contribution is -2.14. The van der Waals surface area contributed by atoms with Crippen LogP contribution in [0.2, 0.25) is 0 Å². The number of carbonyl (C=O) groups is 1. The Labute approximate surface area is 92.1 Å². The highest BCUT2D eigenvalue weighted by molar-refractivity contribution is 5.79. The van der Waals surface area contributed by atoms with Crippen LogP contribution in [0.15, 0.2) is 36.1 Å². The first kappa shape index (κ1) is 14.5. The average Bonchev–Trinajstić information content (AvgIpc) is 2.11. The number of carbonyl (C=O) groups excluding carboxylic acids is 1. The van der Waals surface area contributed by atoms with Crippen molar-refractivity contribution in [1.82, 2.24) is 0 Å². The van der Waals surface area contributed by atoms with Crippen LogP contribution >= 0.6 is 0 Å². The molecule has 0 heterocycles. The first-order chi connectivity index (χ1) is 7.30. The van der Waals surface area contributed by atoms with Gasteiger partial charge in [0.1, 0.15) is 11.5 Å². The van der Waals surface area contributed by atoms with Crippen LogP contribution in [0.4, 0.5) is 13.2 Å². The van der Waals surface area contributed by atoms with Gasteiger partial charge >= 0.3 is 6.36 Å². The minimum atomic E-state index is -4.78. The summed E-state index contributed by atoms with van der Waals surface area (Å²) < 4.78 is 40.0. The normalized spacial score (nSPS) is 13.6. The predicted molar refractivity (Wildman–Crippen MR) is 54.5 cm³/mol. The van der Waals surface area contributed by atoms with Crippen molar-refractivity contribution in [3.8, 4) is 0 Å². The van der Waals surface area contributed by atoms with Gasteiger partial charge in [-0.25, -0.2) is 0 Å². The molecular formula is C11H13F3O2. The van der Waals surface area contributed by atoms with Crippen molar-refractivity contribution in [2.75, 3.05) is 0 Å². The largest absolute Gasteiger partial charge is 0.573 e. The molecular weight excluding hydrogens is 221 g/mol. The van der Waals surface area contributed by atoms with E-state index in [0.717, 1.165) is 6.08 Å². The Morgan fingerprint density at radius 1 is 1.44 bits per heavy atom.